The Bertz CT molecular complexity index is 766. The fourth-order valence-electron chi connectivity index (χ4n) is 2.73. The van der Waals surface area contributed by atoms with Gasteiger partial charge in [-0.2, -0.15) is 0 Å². The molecule has 7 nitrogen and oxygen atoms in total. The second-order valence-electron chi connectivity index (χ2n) is 5.77. The molecule has 1 aliphatic heterocycles. The second kappa shape index (κ2) is 8.44. The van der Waals surface area contributed by atoms with Crippen molar-refractivity contribution in [1.82, 2.24) is 4.90 Å². The van der Waals surface area contributed by atoms with Gasteiger partial charge in [-0.1, -0.05) is 0 Å². The molecule has 1 saturated heterocycles. The van der Waals surface area contributed by atoms with Crippen molar-refractivity contribution in [2.24, 2.45) is 4.99 Å². The minimum Gasteiger partial charge on any atom is -0.494 e. The van der Waals surface area contributed by atoms with Crippen LogP contribution in [0.4, 0.5) is 11.4 Å². The van der Waals surface area contributed by atoms with Gasteiger partial charge < -0.3 is 14.4 Å². The van der Waals surface area contributed by atoms with Crippen LogP contribution >= 0.6 is 0 Å². The SMILES string of the molecule is CCOc1ccc(N=C(c2ccc([N+](=O)[O-])cc2)N2CCOCC2)cc1. The Morgan fingerprint density at radius 2 is 1.81 bits per heavy atom. The van der Waals surface area contributed by atoms with Crippen LogP contribution in [0.5, 0.6) is 5.75 Å². The molecule has 1 heterocycles. The molecule has 0 aliphatic carbocycles. The van der Waals surface area contributed by atoms with Crippen molar-refractivity contribution in [3.63, 3.8) is 0 Å². The van der Waals surface area contributed by atoms with Crippen LogP contribution in [-0.2, 0) is 4.74 Å². The number of benzene rings is 2. The predicted octanol–water partition coefficient (Wildman–Crippen LogP) is 3.40. The van der Waals surface area contributed by atoms with Gasteiger partial charge in [0.05, 0.1) is 30.4 Å². The van der Waals surface area contributed by atoms with Gasteiger partial charge in [-0.3, -0.25) is 10.1 Å². The van der Waals surface area contributed by atoms with Gasteiger partial charge in [0.25, 0.3) is 5.69 Å². The zero-order chi connectivity index (χ0) is 18.4. The first-order valence-electron chi connectivity index (χ1n) is 8.56. The fraction of sp³-hybridized carbons (Fsp3) is 0.316. The van der Waals surface area contributed by atoms with Crippen LogP contribution in [0.3, 0.4) is 0 Å². The molecule has 2 aromatic rings. The molecule has 0 atom stereocenters. The highest BCUT2D eigenvalue weighted by Crippen LogP contribution is 2.22. The number of ether oxygens (including phenoxy) is 2. The van der Waals surface area contributed by atoms with Crippen LogP contribution < -0.4 is 4.74 Å². The lowest BCUT2D eigenvalue weighted by Crippen LogP contribution is -2.41. The number of aliphatic imine (C=N–C) groups is 1. The average Bonchev–Trinajstić information content (AvgIpc) is 2.68. The van der Waals surface area contributed by atoms with E-state index >= 15 is 0 Å². The van der Waals surface area contributed by atoms with Crippen LogP contribution in [0.15, 0.2) is 53.5 Å². The Morgan fingerprint density at radius 1 is 1.15 bits per heavy atom. The quantitative estimate of drug-likeness (QED) is 0.355. The van der Waals surface area contributed by atoms with Crippen molar-refractivity contribution in [1.29, 1.82) is 0 Å². The number of hydrogen-bond acceptors (Lipinski definition) is 5. The molecule has 0 spiro atoms. The van der Waals surface area contributed by atoms with Gasteiger partial charge in [0.1, 0.15) is 11.6 Å². The van der Waals surface area contributed by atoms with Crippen LogP contribution in [-0.4, -0.2) is 48.6 Å². The van der Waals surface area contributed by atoms with E-state index in [0.29, 0.717) is 19.8 Å². The molecule has 7 heteroatoms. The monoisotopic (exact) mass is 355 g/mol. The van der Waals surface area contributed by atoms with Crippen molar-refractivity contribution in [3.05, 3.63) is 64.2 Å². The maximum Gasteiger partial charge on any atom is 0.269 e. The number of rotatable bonds is 5. The minimum absolute atomic E-state index is 0.0659. The third-order valence-electron chi connectivity index (χ3n) is 4.03. The highest BCUT2D eigenvalue weighted by molar-refractivity contribution is 6.00. The first-order valence-corrected chi connectivity index (χ1v) is 8.56. The summed E-state index contributed by atoms with van der Waals surface area (Å²) in [5.74, 6) is 1.59. The van der Waals surface area contributed by atoms with Crippen LogP contribution in [0, 0.1) is 10.1 Å². The van der Waals surface area contributed by atoms with Gasteiger partial charge in [0.2, 0.25) is 0 Å². The number of nitrogens with zero attached hydrogens (tertiary/aromatic N) is 3. The van der Waals surface area contributed by atoms with Crippen molar-refractivity contribution in [2.75, 3.05) is 32.9 Å². The van der Waals surface area contributed by atoms with Crippen molar-refractivity contribution < 1.29 is 14.4 Å². The van der Waals surface area contributed by atoms with Gasteiger partial charge in [0.15, 0.2) is 0 Å². The van der Waals surface area contributed by atoms with Crippen LogP contribution in [0.1, 0.15) is 12.5 Å². The zero-order valence-electron chi connectivity index (χ0n) is 14.6. The van der Waals surface area contributed by atoms with Gasteiger partial charge in [-0.05, 0) is 43.3 Å². The van der Waals surface area contributed by atoms with E-state index in [-0.39, 0.29) is 5.69 Å². The highest BCUT2D eigenvalue weighted by Gasteiger charge is 2.18. The van der Waals surface area contributed by atoms with Gasteiger partial charge >= 0.3 is 0 Å². The Morgan fingerprint density at radius 3 is 2.38 bits per heavy atom. The molecule has 26 heavy (non-hydrogen) atoms. The van der Waals surface area contributed by atoms with Crippen molar-refractivity contribution >= 4 is 17.2 Å². The average molecular weight is 355 g/mol. The highest BCUT2D eigenvalue weighted by atomic mass is 16.6. The molecule has 136 valence electrons. The summed E-state index contributed by atoms with van der Waals surface area (Å²) in [6.45, 7) is 5.28. The molecule has 0 aromatic heterocycles. The number of amidine groups is 1. The summed E-state index contributed by atoms with van der Waals surface area (Å²) in [7, 11) is 0. The standard InChI is InChI=1S/C19H21N3O4/c1-2-26-18-9-5-16(6-10-18)20-19(21-11-13-25-14-12-21)15-3-7-17(8-4-15)22(23)24/h3-10H,2,11-14H2,1H3. The van der Waals surface area contributed by atoms with Gasteiger partial charge in [-0.15, -0.1) is 0 Å². The Labute approximate surface area is 152 Å². The van der Waals surface area contributed by atoms with E-state index in [9.17, 15) is 10.1 Å². The Balaban J connectivity index is 1.92. The molecule has 1 aliphatic rings. The molecule has 0 N–H and O–H groups in total. The second-order valence-corrected chi connectivity index (χ2v) is 5.77. The fourth-order valence-corrected chi connectivity index (χ4v) is 2.73. The molecule has 0 radical (unpaired) electrons. The summed E-state index contributed by atoms with van der Waals surface area (Å²) in [6.07, 6.45) is 0. The molecule has 1 fully saturated rings. The summed E-state index contributed by atoms with van der Waals surface area (Å²) >= 11 is 0. The third-order valence-corrected chi connectivity index (χ3v) is 4.03. The first-order chi connectivity index (χ1) is 12.7. The summed E-state index contributed by atoms with van der Waals surface area (Å²) < 4.78 is 10.9. The topological polar surface area (TPSA) is 77.2 Å². The van der Waals surface area contributed by atoms with E-state index in [1.807, 2.05) is 31.2 Å². The molecule has 0 amide bonds. The summed E-state index contributed by atoms with van der Waals surface area (Å²) in [5.41, 5.74) is 1.70. The zero-order valence-corrected chi connectivity index (χ0v) is 14.6. The van der Waals surface area contributed by atoms with Gasteiger partial charge in [-0.25, -0.2) is 4.99 Å². The maximum atomic E-state index is 10.9. The normalized spacial score (nSPS) is 15.0. The van der Waals surface area contributed by atoms with E-state index < -0.39 is 4.92 Å². The molecular weight excluding hydrogens is 334 g/mol. The van der Waals surface area contributed by atoms with E-state index in [2.05, 4.69) is 4.90 Å². The van der Waals surface area contributed by atoms with Crippen LogP contribution in [0.25, 0.3) is 0 Å². The summed E-state index contributed by atoms with van der Waals surface area (Å²) in [6, 6.07) is 14.0. The molecule has 0 unspecified atom stereocenters. The molecule has 2 aromatic carbocycles. The molecule has 3 rings (SSSR count). The van der Waals surface area contributed by atoms with E-state index in [0.717, 1.165) is 35.9 Å². The summed E-state index contributed by atoms with van der Waals surface area (Å²) in [4.78, 5) is 17.4. The lowest BCUT2D eigenvalue weighted by molar-refractivity contribution is -0.384. The maximum absolute atomic E-state index is 10.9. The number of nitro benzene ring substituents is 1. The first kappa shape index (κ1) is 17.9. The third kappa shape index (κ3) is 4.37. The summed E-state index contributed by atoms with van der Waals surface area (Å²) in [5, 5.41) is 10.9. The lowest BCUT2D eigenvalue weighted by Gasteiger charge is -2.30. The molecular formula is C19H21N3O4. The predicted molar refractivity (Wildman–Crippen MR) is 99.3 cm³/mol. The number of non-ortho nitro benzene ring substituents is 1. The molecule has 0 saturated carbocycles. The van der Waals surface area contributed by atoms with Crippen molar-refractivity contribution in [3.8, 4) is 5.75 Å². The molecule has 0 bridgehead atoms. The van der Waals surface area contributed by atoms with Crippen molar-refractivity contribution in [2.45, 2.75) is 6.92 Å². The largest absolute Gasteiger partial charge is 0.494 e. The van der Waals surface area contributed by atoms with Gasteiger partial charge in [0, 0.05) is 30.8 Å². The number of nitro groups is 1. The van der Waals surface area contributed by atoms with E-state index in [1.165, 1.54) is 12.1 Å². The number of hydrogen-bond donors (Lipinski definition) is 0. The lowest BCUT2D eigenvalue weighted by atomic mass is 10.1. The van der Waals surface area contributed by atoms with Crippen LogP contribution in [0.2, 0.25) is 0 Å². The minimum atomic E-state index is -0.401. The van der Waals surface area contributed by atoms with E-state index in [4.69, 9.17) is 14.5 Å². The Hall–Kier alpha value is -2.93. The van der Waals surface area contributed by atoms with E-state index in [1.54, 1.807) is 12.1 Å². The smallest absolute Gasteiger partial charge is 0.269 e. The Kier molecular flexibility index (Phi) is 5.80. The number of morpholine rings is 1.